The van der Waals surface area contributed by atoms with Crippen LogP contribution in [-0.2, 0) is 4.79 Å². The van der Waals surface area contributed by atoms with Crippen LogP contribution < -0.4 is 10.2 Å². The number of aromatic carboxylic acids is 2. The molecule has 110 valence electrons. The molecule has 0 N–H and O–H groups in total. The molecule has 0 aliphatic carbocycles. The summed E-state index contributed by atoms with van der Waals surface area (Å²) in [6.45, 7) is 0. The summed E-state index contributed by atoms with van der Waals surface area (Å²) in [6, 6.07) is 8.68. The van der Waals surface area contributed by atoms with Crippen molar-refractivity contribution in [3.8, 4) is 0 Å². The number of hydrogen-bond acceptors (Lipinski definition) is 5. The van der Waals surface area contributed by atoms with Gasteiger partial charge in [0, 0.05) is 14.1 Å². The van der Waals surface area contributed by atoms with Crippen molar-refractivity contribution >= 4 is 74.6 Å². The summed E-state index contributed by atoms with van der Waals surface area (Å²) in [5, 5.41) is 22.5. The van der Waals surface area contributed by atoms with Gasteiger partial charge in [-0.1, -0.05) is 24.3 Å². The summed E-state index contributed by atoms with van der Waals surface area (Å²) in [5.41, 5.74) is 0.127. The van der Waals surface area contributed by atoms with Crippen LogP contribution in [0.5, 0.6) is 0 Å². The van der Waals surface area contributed by atoms with Gasteiger partial charge < -0.3 is 24.7 Å². The molecule has 0 atom stereocenters. The van der Waals surface area contributed by atoms with Gasteiger partial charge in [0.25, 0.3) is 0 Å². The summed E-state index contributed by atoms with van der Waals surface area (Å²) in [6.07, 6.45) is 0.750. The van der Waals surface area contributed by atoms with E-state index >= 15 is 0 Å². The predicted molar refractivity (Wildman–Crippen MR) is 78.1 cm³/mol. The average molecular weight is 375 g/mol. The van der Waals surface area contributed by atoms with Gasteiger partial charge in [-0.2, -0.15) is 0 Å². The molecule has 0 fully saturated rings. The summed E-state index contributed by atoms with van der Waals surface area (Å²) in [4.78, 5) is 32.1. The van der Waals surface area contributed by atoms with Crippen LogP contribution in [-0.4, -0.2) is 82.8 Å². The molecule has 0 aromatic heterocycles. The molecule has 0 heterocycles. The Bertz CT molecular complexity index is 631. The van der Waals surface area contributed by atoms with Gasteiger partial charge in [0.05, 0.1) is 11.9 Å². The van der Waals surface area contributed by atoms with Gasteiger partial charge >= 0.3 is 45.5 Å². The van der Waals surface area contributed by atoms with Gasteiger partial charge in [-0.25, -0.2) is 0 Å². The standard InChI is InChI=1S/C12H8O4.C3H7NO.Sr/c13-11(14)9-3-1-7-5-10(12(15)16)4-2-8(7)6-9;1-4(2)3-5;/h1-6H,(H,13,14)(H,15,16);3H,1-2H3;/q;;+2/p-2. The van der Waals surface area contributed by atoms with Gasteiger partial charge in [0.1, 0.15) is 0 Å². The zero-order chi connectivity index (χ0) is 16.0. The van der Waals surface area contributed by atoms with Crippen LogP contribution in [0, 0.1) is 0 Å². The predicted octanol–water partition coefficient (Wildman–Crippen LogP) is -1.11. The van der Waals surface area contributed by atoms with Crippen molar-refractivity contribution in [3.05, 3.63) is 47.5 Å². The Morgan fingerprint density at radius 2 is 1.23 bits per heavy atom. The molecule has 0 spiro atoms. The molecular weight excluding hydrogens is 362 g/mol. The van der Waals surface area contributed by atoms with Crippen LogP contribution in [0.4, 0.5) is 0 Å². The van der Waals surface area contributed by atoms with E-state index in [0.29, 0.717) is 10.8 Å². The SMILES string of the molecule is CN(C)C=O.O=C([O-])c1ccc2cc(C(=O)[O-])ccc2c1.[Sr+2]. The number of carbonyl (C=O) groups excluding carboxylic acids is 3. The van der Waals surface area contributed by atoms with E-state index in [0.717, 1.165) is 6.41 Å². The van der Waals surface area contributed by atoms with Crippen molar-refractivity contribution in [2.24, 2.45) is 0 Å². The van der Waals surface area contributed by atoms with Gasteiger partial charge in [-0.3, -0.25) is 4.79 Å². The molecule has 1 amide bonds. The molecule has 2 rings (SSSR count). The molecule has 2 aromatic rings. The summed E-state index contributed by atoms with van der Waals surface area (Å²) in [5.74, 6) is -2.52. The van der Waals surface area contributed by atoms with Crippen LogP contribution in [0.3, 0.4) is 0 Å². The Hall–Kier alpha value is -1.41. The molecular formula is C15H13NO5Sr. The number of carbonyl (C=O) groups is 3. The maximum atomic E-state index is 10.6. The molecule has 0 saturated carbocycles. The monoisotopic (exact) mass is 375 g/mol. The minimum Gasteiger partial charge on any atom is -0.545 e. The fraction of sp³-hybridized carbons (Fsp3) is 0.133. The Kier molecular flexibility index (Phi) is 8.96. The van der Waals surface area contributed by atoms with Crippen LogP contribution in [0.1, 0.15) is 20.7 Å². The first-order valence-electron chi connectivity index (χ1n) is 5.93. The number of carboxylic acid groups (broad SMARTS) is 2. The van der Waals surface area contributed by atoms with E-state index in [1.54, 1.807) is 14.1 Å². The third-order valence-corrected chi connectivity index (χ3v) is 2.52. The smallest absolute Gasteiger partial charge is 0.545 e. The largest absolute Gasteiger partial charge is 2.00 e. The first-order valence-corrected chi connectivity index (χ1v) is 5.93. The minimum absolute atomic E-state index is 0. The molecule has 0 saturated heterocycles. The van der Waals surface area contributed by atoms with Crippen molar-refractivity contribution in [3.63, 3.8) is 0 Å². The second-order valence-corrected chi connectivity index (χ2v) is 4.42. The average Bonchev–Trinajstić information content (AvgIpc) is 2.46. The molecule has 0 aliphatic heterocycles. The third-order valence-electron chi connectivity index (χ3n) is 2.52. The summed E-state index contributed by atoms with van der Waals surface area (Å²) < 4.78 is 0. The fourth-order valence-electron chi connectivity index (χ4n) is 1.50. The van der Waals surface area contributed by atoms with E-state index in [1.807, 2.05) is 0 Å². The third kappa shape index (κ3) is 6.15. The maximum Gasteiger partial charge on any atom is 2.00 e. The molecule has 0 unspecified atom stereocenters. The summed E-state index contributed by atoms with van der Waals surface area (Å²) >= 11 is 0. The zero-order valence-corrected chi connectivity index (χ0v) is 15.7. The van der Waals surface area contributed by atoms with E-state index in [9.17, 15) is 24.6 Å². The number of nitrogens with zero attached hydrogens (tertiary/aromatic N) is 1. The first kappa shape index (κ1) is 20.6. The molecule has 0 aliphatic rings. The maximum absolute atomic E-state index is 10.6. The number of benzene rings is 2. The van der Waals surface area contributed by atoms with Crippen LogP contribution in [0.25, 0.3) is 10.8 Å². The number of rotatable bonds is 3. The fourth-order valence-corrected chi connectivity index (χ4v) is 1.50. The Balaban J connectivity index is 0.000000644. The number of carboxylic acids is 2. The van der Waals surface area contributed by atoms with Crippen molar-refractivity contribution in [2.75, 3.05) is 14.1 Å². The second kappa shape index (κ2) is 9.58. The Morgan fingerprint density at radius 3 is 1.45 bits per heavy atom. The zero-order valence-electron chi connectivity index (χ0n) is 12.2. The molecule has 22 heavy (non-hydrogen) atoms. The normalized spacial score (nSPS) is 9.00. The van der Waals surface area contributed by atoms with Crippen LogP contribution >= 0.6 is 0 Å². The van der Waals surface area contributed by atoms with Gasteiger partial charge in [0.2, 0.25) is 6.41 Å². The van der Waals surface area contributed by atoms with E-state index in [4.69, 9.17) is 0 Å². The van der Waals surface area contributed by atoms with E-state index < -0.39 is 11.9 Å². The van der Waals surface area contributed by atoms with Gasteiger partial charge in [0.15, 0.2) is 0 Å². The molecule has 2 aromatic carbocycles. The van der Waals surface area contributed by atoms with Crippen molar-refractivity contribution < 1.29 is 24.6 Å². The van der Waals surface area contributed by atoms with Crippen molar-refractivity contribution in [1.29, 1.82) is 0 Å². The first-order chi connectivity index (χ1) is 9.85. The number of hydrogen-bond donors (Lipinski definition) is 0. The van der Waals surface area contributed by atoms with Crippen LogP contribution in [0.15, 0.2) is 36.4 Å². The molecule has 0 bridgehead atoms. The van der Waals surface area contributed by atoms with Crippen LogP contribution in [0.2, 0.25) is 0 Å². The second-order valence-electron chi connectivity index (χ2n) is 4.42. The topological polar surface area (TPSA) is 101 Å². The van der Waals surface area contributed by atoms with Gasteiger partial charge in [-0.15, -0.1) is 0 Å². The van der Waals surface area contributed by atoms with Crippen molar-refractivity contribution in [2.45, 2.75) is 0 Å². The van der Waals surface area contributed by atoms with E-state index in [2.05, 4.69) is 0 Å². The van der Waals surface area contributed by atoms with E-state index in [-0.39, 0.29) is 56.6 Å². The Labute approximate surface area is 164 Å². The van der Waals surface area contributed by atoms with Crippen molar-refractivity contribution in [1.82, 2.24) is 4.90 Å². The molecule has 7 heteroatoms. The minimum atomic E-state index is -1.26. The molecule has 6 nitrogen and oxygen atoms in total. The van der Waals surface area contributed by atoms with E-state index in [1.165, 1.54) is 41.3 Å². The number of fused-ring (bicyclic) bond motifs is 1. The molecule has 0 radical (unpaired) electrons. The summed E-state index contributed by atoms with van der Waals surface area (Å²) in [7, 11) is 3.38. The Morgan fingerprint density at radius 1 is 0.909 bits per heavy atom. The number of amides is 1. The quantitative estimate of drug-likeness (QED) is 0.501. The van der Waals surface area contributed by atoms with Gasteiger partial charge in [-0.05, 0) is 34.0 Å².